The van der Waals surface area contributed by atoms with Crippen molar-refractivity contribution in [2.75, 3.05) is 19.7 Å². The standard InChI is InChI=1S/C14H19ClFN3O2/c1-9-11(7-20)12(15)18-13(17-9)21-8-14-3-2-4-19(14)6-10(16)5-14/h10,20H,2-8H2,1H3/t10-,14?/m1/s1. The van der Waals surface area contributed by atoms with Crippen molar-refractivity contribution in [1.29, 1.82) is 0 Å². The second-order valence-corrected chi connectivity index (χ2v) is 6.24. The quantitative estimate of drug-likeness (QED) is 0.860. The summed E-state index contributed by atoms with van der Waals surface area (Å²) in [4.78, 5) is 10.4. The van der Waals surface area contributed by atoms with Crippen LogP contribution in [0, 0.1) is 6.92 Å². The summed E-state index contributed by atoms with van der Waals surface area (Å²) in [5.41, 5.74) is 0.885. The molecule has 0 spiro atoms. The predicted octanol–water partition coefficient (Wildman–Crippen LogP) is 1.89. The number of hydrogen-bond acceptors (Lipinski definition) is 5. The van der Waals surface area contributed by atoms with Gasteiger partial charge in [-0.3, -0.25) is 4.90 Å². The van der Waals surface area contributed by atoms with Crippen molar-refractivity contribution in [3.05, 3.63) is 16.4 Å². The van der Waals surface area contributed by atoms with Crippen LogP contribution in [-0.2, 0) is 6.61 Å². The molecule has 1 aromatic heterocycles. The van der Waals surface area contributed by atoms with Crippen LogP contribution in [0.5, 0.6) is 6.01 Å². The van der Waals surface area contributed by atoms with Crippen LogP contribution in [0.15, 0.2) is 0 Å². The molecule has 7 heteroatoms. The van der Waals surface area contributed by atoms with E-state index in [4.69, 9.17) is 16.3 Å². The predicted molar refractivity (Wildman–Crippen MR) is 76.2 cm³/mol. The molecule has 0 radical (unpaired) electrons. The Morgan fingerprint density at radius 2 is 2.33 bits per heavy atom. The molecule has 1 aromatic rings. The first-order valence-corrected chi connectivity index (χ1v) is 7.58. The van der Waals surface area contributed by atoms with Gasteiger partial charge in [-0.2, -0.15) is 4.98 Å². The van der Waals surface area contributed by atoms with Crippen LogP contribution in [0.2, 0.25) is 5.15 Å². The van der Waals surface area contributed by atoms with Crippen molar-refractivity contribution in [3.8, 4) is 6.01 Å². The minimum Gasteiger partial charge on any atom is -0.461 e. The van der Waals surface area contributed by atoms with Gasteiger partial charge in [-0.25, -0.2) is 9.37 Å². The van der Waals surface area contributed by atoms with E-state index < -0.39 is 6.17 Å². The molecule has 0 bridgehead atoms. The van der Waals surface area contributed by atoms with E-state index in [9.17, 15) is 9.50 Å². The maximum absolute atomic E-state index is 13.7. The number of halogens is 2. The Kier molecular flexibility index (Phi) is 4.03. The van der Waals surface area contributed by atoms with E-state index in [0.29, 0.717) is 30.8 Å². The second-order valence-electron chi connectivity index (χ2n) is 5.88. The van der Waals surface area contributed by atoms with Gasteiger partial charge in [-0.05, 0) is 26.3 Å². The van der Waals surface area contributed by atoms with E-state index in [2.05, 4.69) is 14.9 Å². The Morgan fingerprint density at radius 1 is 1.52 bits per heavy atom. The molecular weight excluding hydrogens is 297 g/mol. The van der Waals surface area contributed by atoms with Gasteiger partial charge in [0.05, 0.1) is 17.8 Å². The number of alkyl halides is 1. The fourth-order valence-corrected chi connectivity index (χ4v) is 3.70. The molecule has 2 fully saturated rings. The maximum Gasteiger partial charge on any atom is 0.318 e. The SMILES string of the molecule is Cc1nc(OCC23CCCN2C[C@H](F)C3)nc(Cl)c1CO. The van der Waals surface area contributed by atoms with Gasteiger partial charge >= 0.3 is 6.01 Å². The summed E-state index contributed by atoms with van der Waals surface area (Å²) in [5, 5.41) is 9.39. The molecule has 0 aromatic carbocycles. The fourth-order valence-electron chi connectivity index (χ4n) is 3.43. The molecule has 0 aliphatic carbocycles. The first-order chi connectivity index (χ1) is 10.0. The molecule has 2 saturated heterocycles. The number of ether oxygens (including phenoxy) is 1. The van der Waals surface area contributed by atoms with Gasteiger partial charge in [0.15, 0.2) is 0 Å². The summed E-state index contributed by atoms with van der Waals surface area (Å²) < 4.78 is 19.4. The van der Waals surface area contributed by atoms with E-state index in [1.54, 1.807) is 6.92 Å². The van der Waals surface area contributed by atoms with Gasteiger partial charge in [0.25, 0.3) is 0 Å². The summed E-state index contributed by atoms with van der Waals surface area (Å²) in [7, 11) is 0. The van der Waals surface area contributed by atoms with Crippen LogP contribution >= 0.6 is 11.6 Å². The first-order valence-electron chi connectivity index (χ1n) is 7.20. The Bertz CT molecular complexity index is 522. The number of aliphatic hydroxyl groups is 1. The van der Waals surface area contributed by atoms with Crippen molar-refractivity contribution < 1.29 is 14.2 Å². The van der Waals surface area contributed by atoms with Crippen LogP contribution < -0.4 is 4.74 Å². The normalized spacial score (nSPS) is 28.9. The lowest BCUT2D eigenvalue weighted by Gasteiger charge is -2.30. The maximum atomic E-state index is 13.7. The highest BCUT2D eigenvalue weighted by Crippen LogP contribution is 2.40. The highest BCUT2D eigenvalue weighted by molar-refractivity contribution is 6.30. The average molecular weight is 316 g/mol. The largest absolute Gasteiger partial charge is 0.461 e. The van der Waals surface area contributed by atoms with Gasteiger partial charge in [0, 0.05) is 18.5 Å². The van der Waals surface area contributed by atoms with Crippen LogP contribution in [0.4, 0.5) is 4.39 Å². The smallest absolute Gasteiger partial charge is 0.318 e. The first kappa shape index (κ1) is 14.9. The van der Waals surface area contributed by atoms with Gasteiger partial charge in [-0.15, -0.1) is 0 Å². The minimum atomic E-state index is -0.781. The lowest BCUT2D eigenvalue weighted by molar-refractivity contribution is 0.107. The summed E-state index contributed by atoms with van der Waals surface area (Å²) in [6.45, 7) is 3.34. The number of aromatic nitrogens is 2. The van der Waals surface area contributed by atoms with Gasteiger partial charge in [-0.1, -0.05) is 11.6 Å². The molecule has 5 nitrogen and oxygen atoms in total. The molecule has 116 valence electrons. The zero-order chi connectivity index (χ0) is 15.0. The Hall–Kier alpha value is -0.980. The van der Waals surface area contributed by atoms with E-state index in [0.717, 1.165) is 19.4 Å². The fraction of sp³-hybridized carbons (Fsp3) is 0.714. The van der Waals surface area contributed by atoms with Crippen molar-refractivity contribution >= 4 is 11.6 Å². The second kappa shape index (κ2) is 5.66. The van der Waals surface area contributed by atoms with Gasteiger partial charge < -0.3 is 9.84 Å². The van der Waals surface area contributed by atoms with E-state index in [-0.39, 0.29) is 23.3 Å². The van der Waals surface area contributed by atoms with E-state index in [1.165, 1.54) is 0 Å². The Balaban J connectivity index is 1.73. The highest BCUT2D eigenvalue weighted by Gasteiger charge is 2.49. The van der Waals surface area contributed by atoms with Crippen LogP contribution in [0.3, 0.4) is 0 Å². The average Bonchev–Trinajstić information content (AvgIpc) is 2.92. The number of aliphatic hydroxyl groups excluding tert-OH is 1. The third-order valence-electron chi connectivity index (χ3n) is 4.53. The molecule has 2 aliphatic rings. The third kappa shape index (κ3) is 2.72. The number of hydrogen-bond donors (Lipinski definition) is 1. The van der Waals surface area contributed by atoms with Crippen LogP contribution in [-0.4, -0.2) is 51.4 Å². The van der Waals surface area contributed by atoms with E-state index >= 15 is 0 Å². The molecule has 1 N–H and O–H groups in total. The summed E-state index contributed by atoms with van der Waals surface area (Å²) in [5.74, 6) is 0. The summed E-state index contributed by atoms with van der Waals surface area (Å²) in [6.07, 6.45) is 1.74. The molecular formula is C14H19ClFN3O2. The minimum absolute atomic E-state index is 0.193. The zero-order valence-corrected chi connectivity index (χ0v) is 12.7. The summed E-state index contributed by atoms with van der Waals surface area (Å²) in [6, 6.07) is 0.193. The van der Waals surface area contributed by atoms with Crippen molar-refractivity contribution in [2.24, 2.45) is 0 Å². The summed E-state index contributed by atoms with van der Waals surface area (Å²) >= 11 is 6.00. The Morgan fingerprint density at radius 3 is 3.05 bits per heavy atom. The molecule has 2 aliphatic heterocycles. The molecule has 0 amide bonds. The number of nitrogens with zero attached hydrogens (tertiary/aromatic N) is 3. The zero-order valence-electron chi connectivity index (χ0n) is 12.0. The van der Waals surface area contributed by atoms with Gasteiger partial charge in [0.2, 0.25) is 0 Å². The lowest BCUT2D eigenvalue weighted by atomic mass is 9.95. The number of aryl methyl sites for hydroxylation is 1. The molecule has 3 rings (SSSR count). The van der Waals surface area contributed by atoms with Crippen LogP contribution in [0.1, 0.15) is 30.5 Å². The molecule has 2 atom stereocenters. The van der Waals surface area contributed by atoms with Crippen molar-refractivity contribution in [1.82, 2.24) is 14.9 Å². The topological polar surface area (TPSA) is 58.5 Å². The highest BCUT2D eigenvalue weighted by atomic mass is 35.5. The lowest BCUT2D eigenvalue weighted by Crippen LogP contribution is -2.43. The molecule has 21 heavy (non-hydrogen) atoms. The Labute approximate surface area is 128 Å². The third-order valence-corrected chi connectivity index (χ3v) is 4.84. The monoisotopic (exact) mass is 315 g/mol. The van der Waals surface area contributed by atoms with E-state index in [1.807, 2.05) is 0 Å². The number of fused-ring (bicyclic) bond motifs is 1. The number of rotatable bonds is 4. The molecule has 3 heterocycles. The molecule has 1 unspecified atom stereocenters. The van der Waals surface area contributed by atoms with Crippen LogP contribution in [0.25, 0.3) is 0 Å². The van der Waals surface area contributed by atoms with Crippen molar-refractivity contribution in [3.63, 3.8) is 0 Å². The molecule has 0 saturated carbocycles. The van der Waals surface area contributed by atoms with Crippen molar-refractivity contribution in [2.45, 2.75) is 44.5 Å². The van der Waals surface area contributed by atoms with Gasteiger partial charge in [0.1, 0.15) is 17.9 Å².